The predicted molar refractivity (Wildman–Crippen MR) is 85.9 cm³/mol. The highest BCUT2D eigenvalue weighted by molar-refractivity contribution is 7.07. The summed E-state index contributed by atoms with van der Waals surface area (Å²) in [6.45, 7) is 5.54. The van der Waals surface area contributed by atoms with E-state index in [-0.39, 0.29) is 18.0 Å². The second kappa shape index (κ2) is 8.39. The molecule has 0 spiro atoms. The van der Waals surface area contributed by atoms with Crippen molar-refractivity contribution in [3.8, 4) is 0 Å². The molecular weight excluding hydrogens is 270 g/mol. The topological polar surface area (TPSA) is 49.6 Å². The second-order valence-corrected chi connectivity index (χ2v) is 6.11. The fourth-order valence-corrected chi connectivity index (χ4v) is 3.00. The van der Waals surface area contributed by atoms with Gasteiger partial charge in [0.15, 0.2) is 0 Å². The van der Waals surface area contributed by atoms with Gasteiger partial charge in [-0.2, -0.15) is 11.3 Å². The van der Waals surface area contributed by atoms with Crippen molar-refractivity contribution in [1.82, 2.24) is 9.80 Å². The van der Waals surface area contributed by atoms with E-state index in [9.17, 15) is 4.79 Å². The van der Waals surface area contributed by atoms with Crippen LogP contribution in [0.5, 0.6) is 0 Å². The first-order valence-electron chi connectivity index (χ1n) is 7.23. The highest BCUT2D eigenvalue weighted by atomic mass is 32.1. The van der Waals surface area contributed by atoms with Crippen LogP contribution in [0.3, 0.4) is 0 Å². The van der Waals surface area contributed by atoms with Crippen molar-refractivity contribution in [2.45, 2.75) is 38.8 Å². The van der Waals surface area contributed by atoms with Gasteiger partial charge in [0.1, 0.15) is 0 Å². The first-order valence-corrected chi connectivity index (χ1v) is 8.17. The molecule has 1 rings (SSSR count). The Morgan fingerprint density at radius 2 is 2.10 bits per heavy atom. The van der Waals surface area contributed by atoms with Crippen LogP contribution in [0.1, 0.15) is 38.3 Å². The molecule has 114 valence electrons. The van der Waals surface area contributed by atoms with Crippen LogP contribution in [-0.4, -0.2) is 48.9 Å². The summed E-state index contributed by atoms with van der Waals surface area (Å²) in [5, 5.41) is 4.21. The van der Waals surface area contributed by atoms with Gasteiger partial charge in [-0.1, -0.05) is 13.8 Å². The lowest BCUT2D eigenvalue weighted by molar-refractivity contribution is -0.130. The molecular formula is C15H27N3OS. The Bertz CT molecular complexity index is 392. The maximum atomic E-state index is 12.1. The Kier molecular flexibility index (Phi) is 7.19. The van der Waals surface area contributed by atoms with E-state index in [4.69, 9.17) is 5.73 Å². The molecule has 0 bridgehead atoms. The third-order valence-corrected chi connectivity index (χ3v) is 4.20. The minimum atomic E-state index is 0.0473. The summed E-state index contributed by atoms with van der Waals surface area (Å²) in [6, 6.07) is 2.29. The number of likely N-dealkylation sites (N-methyl/N-ethyl adjacent to an activating group) is 1. The minimum Gasteiger partial charge on any atom is -0.348 e. The predicted octanol–water partition coefficient (Wildman–Crippen LogP) is 2.33. The molecule has 0 fully saturated rings. The van der Waals surface area contributed by atoms with Crippen LogP contribution in [0, 0.1) is 0 Å². The summed E-state index contributed by atoms with van der Waals surface area (Å²) in [4.78, 5) is 15.9. The van der Waals surface area contributed by atoms with E-state index in [0.717, 1.165) is 19.4 Å². The van der Waals surface area contributed by atoms with Crippen LogP contribution < -0.4 is 5.73 Å². The lowest BCUT2D eigenvalue weighted by Gasteiger charge is -2.35. The van der Waals surface area contributed by atoms with Gasteiger partial charge in [-0.3, -0.25) is 9.69 Å². The molecule has 0 saturated carbocycles. The highest BCUT2D eigenvalue weighted by Crippen LogP contribution is 2.27. The molecule has 5 heteroatoms. The summed E-state index contributed by atoms with van der Waals surface area (Å²) in [7, 11) is 3.59. The maximum absolute atomic E-state index is 12.1. The number of hydrogen-bond acceptors (Lipinski definition) is 4. The van der Waals surface area contributed by atoms with Crippen LogP contribution >= 0.6 is 11.3 Å². The van der Waals surface area contributed by atoms with Gasteiger partial charge in [-0.25, -0.2) is 0 Å². The second-order valence-electron chi connectivity index (χ2n) is 5.33. The average Bonchev–Trinajstić information content (AvgIpc) is 2.92. The number of amides is 1. The number of carbonyl (C=O) groups is 1. The lowest BCUT2D eigenvalue weighted by Crippen LogP contribution is -2.45. The van der Waals surface area contributed by atoms with Crippen molar-refractivity contribution in [2.24, 2.45) is 5.73 Å². The molecule has 0 aliphatic rings. The molecule has 0 aliphatic heterocycles. The zero-order chi connectivity index (χ0) is 15.1. The fourth-order valence-electron chi connectivity index (χ4n) is 2.31. The summed E-state index contributed by atoms with van der Waals surface area (Å²) >= 11 is 1.68. The third-order valence-electron chi connectivity index (χ3n) is 3.50. The summed E-state index contributed by atoms with van der Waals surface area (Å²) in [6.07, 6.45) is 1.91. The van der Waals surface area contributed by atoms with Gasteiger partial charge in [-0.15, -0.1) is 0 Å². The molecule has 2 atom stereocenters. The van der Waals surface area contributed by atoms with Gasteiger partial charge in [0, 0.05) is 20.1 Å². The van der Waals surface area contributed by atoms with Crippen molar-refractivity contribution < 1.29 is 4.79 Å². The Hall–Kier alpha value is -0.910. The van der Waals surface area contributed by atoms with Crippen LogP contribution in [0.15, 0.2) is 16.8 Å². The third kappa shape index (κ3) is 4.58. The quantitative estimate of drug-likeness (QED) is 0.801. The van der Waals surface area contributed by atoms with E-state index in [2.05, 4.69) is 35.6 Å². The number of nitrogens with two attached hydrogens (primary N) is 1. The standard InChI is InChI=1S/C15H27N3OS/c1-5-8-18(10-14(19)17(3)4)15(13(16)6-2)12-7-9-20-11-12/h7,9,11,13,15H,5-6,8,10,16H2,1-4H3. The van der Waals surface area contributed by atoms with Crippen molar-refractivity contribution in [3.05, 3.63) is 22.4 Å². The van der Waals surface area contributed by atoms with Crippen molar-refractivity contribution in [2.75, 3.05) is 27.2 Å². The van der Waals surface area contributed by atoms with Gasteiger partial charge in [0.05, 0.1) is 12.6 Å². The van der Waals surface area contributed by atoms with E-state index in [1.807, 2.05) is 0 Å². The van der Waals surface area contributed by atoms with E-state index in [1.165, 1.54) is 5.56 Å². The zero-order valence-electron chi connectivity index (χ0n) is 13.0. The first kappa shape index (κ1) is 17.1. The van der Waals surface area contributed by atoms with Crippen molar-refractivity contribution in [3.63, 3.8) is 0 Å². The Labute approximate surface area is 126 Å². The maximum Gasteiger partial charge on any atom is 0.236 e. The number of nitrogens with zero attached hydrogens (tertiary/aromatic N) is 2. The summed E-state index contributed by atoms with van der Waals surface area (Å²) < 4.78 is 0. The highest BCUT2D eigenvalue weighted by Gasteiger charge is 2.27. The van der Waals surface area contributed by atoms with Gasteiger partial charge in [-0.05, 0) is 41.8 Å². The Morgan fingerprint density at radius 3 is 2.55 bits per heavy atom. The summed E-state index contributed by atoms with van der Waals surface area (Å²) in [5.41, 5.74) is 7.56. The average molecular weight is 297 g/mol. The molecule has 0 aliphatic carbocycles. The van der Waals surface area contributed by atoms with Gasteiger partial charge < -0.3 is 10.6 Å². The fraction of sp³-hybridized carbons (Fsp3) is 0.667. The SMILES string of the molecule is CCCN(CC(=O)N(C)C)C(c1ccsc1)C(N)CC. The van der Waals surface area contributed by atoms with Gasteiger partial charge in [0.2, 0.25) is 5.91 Å². The normalized spacial score (nSPS) is 14.3. The van der Waals surface area contributed by atoms with E-state index >= 15 is 0 Å². The van der Waals surface area contributed by atoms with Gasteiger partial charge >= 0.3 is 0 Å². The molecule has 2 unspecified atom stereocenters. The van der Waals surface area contributed by atoms with Gasteiger partial charge in [0.25, 0.3) is 0 Å². The van der Waals surface area contributed by atoms with Crippen molar-refractivity contribution >= 4 is 17.2 Å². The smallest absolute Gasteiger partial charge is 0.236 e. The van der Waals surface area contributed by atoms with Crippen LogP contribution in [0.2, 0.25) is 0 Å². The first-order chi connectivity index (χ1) is 9.51. The monoisotopic (exact) mass is 297 g/mol. The molecule has 0 aromatic carbocycles. The van der Waals surface area contributed by atoms with Crippen LogP contribution in [0.25, 0.3) is 0 Å². The number of carbonyl (C=O) groups excluding carboxylic acids is 1. The number of thiophene rings is 1. The minimum absolute atomic E-state index is 0.0473. The molecule has 2 N–H and O–H groups in total. The lowest BCUT2D eigenvalue weighted by atomic mass is 9.98. The number of hydrogen-bond donors (Lipinski definition) is 1. The Balaban J connectivity index is 2.95. The zero-order valence-corrected chi connectivity index (χ0v) is 13.8. The van der Waals surface area contributed by atoms with Crippen LogP contribution in [0.4, 0.5) is 0 Å². The molecule has 4 nitrogen and oxygen atoms in total. The molecule has 20 heavy (non-hydrogen) atoms. The molecule has 1 aromatic heterocycles. The molecule has 0 saturated heterocycles. The van der Waals surface area contributed by atoms with E-state index in [0.29, 0.717) is 6.54 Å². The molecule has 0 radical (unpaired) electrons. The summed E-state index contributed by atoms with van der Waals surface area (Å²) in [5.74, 6) is 0.127. The van der Waals surface area contributed by atoms with E-state index in [1.54, 1.807) is 30.3 Å². The van der Waals surface area contributed by atoms with Crippen molar-refractivity contribution in [1.29, 1.82) is 0 Å². The molecule has 1 amide bonds. The number of rotatable bonds is 8. The van der Waals surface area contributed by atoms with Crippen LogP contribution in [-0.2, 0) is 4.79 Å². The Morgan fingerprint density at radius 1 is 1.40 bits per heavy atom. The van der Waals surface area contributed by atoms with E-state index < -0.39 is 0 Å². The molecule has 1 heterocycles. The molecule has 1 aromatic rings. The largest absolute Gasteiger partial charge is 0.348 e.